The van der Waals surface area contributed by atoms with Crippen LogP contribution in [-0.2, 0) is 23.7 Å². The van der Waals surface area contributed by atoms with E-state index in [4.69, 9.17) is 18.9 Å². The summed E-state index contributed by atoms with van der Waals surface area (Å²) in [7, 11) is 0. The van der Waals surface area contributed by atoms with Crippen molar-refractivity contribution in [1.29, 1.82) is 0 Å². The molecule has 1 saturated carbocycles. The zero-order valence-corrected chi connectivity index (χ0v) is 22.5. The van der Waals surface area contributed by atoms with Crippen LogP contribution in [0.25, 0.3) is 0 Å². The van der Waals surface area contributed by atoms with Crippen LogP contribution in [0.5, 0.6) is 0 Å². The first kappa shape index (κ1) is 32.8. The van der Waals surface area contributed by atoms with E-state index in [2.05, 4.69) is 0 Å². The van der Waals surface area contributed by atoms with Crippen LogP contribution < -0.4 is 0 Å². The van der Waals surface area contributed by atoms with Gasteiger partial charge in [0.1, 0.15) is 24.4 Å². The van der Waals surface area contributed by atoms with Gasteiger partial charge < -0.3 is 70.0 Å². The highest BCUT2D eigenvalue weighted by Crippen LogP contribution is 2.59. The number of hydrogen-bond acceptors (Lipinski definition) is 14. The molecule has 238 valence electrons. The average molecular weight is 601 g/mol. The summed E-state index contributed by atoms with van der Waals surface area (Å²) in [4.78, 5) is 12.4. The summed E-state index contributed by atoms with van der Waals surface area (Å²) in [5, 5.41) is 103. The molecule has 0 aromatic carbocycles. The van der Waals surface area contributed by atoms with Crippen LogP contribution >= 0.6 is 0 Å². The van der Waals surface area contributed by atoms with Gasteiger partial charge in [-0.15, -0.1) is 0 Å². The summed E-state index contributed by atoms with van der Waals surface area (Å²) in [6, 6.07) is 0. The number of carboxylic acids is 1. The minimum atomic E-state index is -3.35. The summed E-state index contributed by atoms with van der Waals surface area (Å²) in [5.41, 5.74) is 0. The molecule has 3 saturated heterocycles. The number of fused-ring (bicyclic) bond motifs is 1. The number of rotatable bonds is 9. The second-order valence-corrected chi connectivity index (χ2v) is 11.6. The minimum absolute atomic E-state index is 0.371. The van der Waals surface area contributed by atoms with Gasteiger partial charge in [0.05, 0.1) is 68.7 Å². The standard InChI is InChI=1S/C25H41FO15/c1-7-17(32)23(26)25(24(36)37,41-21(7)19(34)10(31)4-27)40-11-3-9(30)22(39-13(6-29)20(11)35)16-14-12(5-28)38-8(2)18(33)15(14)16/h7-23,27-35H,3-6H2,1-2H3,(H,36,37). The maximum absolute atomic E-state index is 15.6. The van der Waals surface area contributed by atoms with Gasteiger partial charge in [0.25, 0.3) is 0 Å². The van der Waals surface area contributed by atoms with E-state index in [1.54, 1.807) is 6.92 Å². The lowest BCUT2D eigenvalue weighted by molar-refractivity contribution is -0.359. The Morgan fingerprint density at radius 3 is 2.15 bits per heavy atom. The Hall–Kier alpha value is -1.12. The monoisotopic (exact) mass is 600 g/mol. The van der Waals surface area contributed by atoms with E-state index in [0.29, 0.717) is 0 Å². The van der Waals surface area contributed by atoms with Crippen molar-refractivity contribution in [3.8, 4) is 0 Å². The van der Waals surface area contributed by atoms with Gasteiger partial charge in [0.15, 0.2) is 6.17 Å². The molecule has 18 unspecified atom stereocenters. The van der Waals surface area contributed by atoms with Crippen LogP contribution in [0.1, 0.15) is 20.3 Å². The SMILES string of the molecule is CC1OC(CO)C2C(C1O)C2C1OC(CO)C(O)C(OC2(C(=O)O)OC(C(O)C(O)CO)C(C)C(O)C2F)CC1O. The molecule has 0 spiro atoms. The number of hydrogen-bond donors (Lipinski definition) is 10. The second-order valence-electron chi connectivity index (χ2n) is 11.6. The normalized spacial score (nSPS) is 51.8. The van der Waals surface area contributed by atoms with E-state index in [0.717, 1.165) is 0 Å². The summed E-state index contributed by atoms with van der Waals surface area (Å²) in [6.45, 7) is 0.668. The fourth-order valence-electron chi connectivity index (χ4n) is 6.74. The van der Waals surface area contributed by atoms with Gasteiger partial charge in [-0.3, -0.25) is 0 Å². The number of carboxylic acid groups (broad SMARTS) is 1. The maximum Gasteiger partial charge on any atom is 0.367 e. The number of ether oxygens (including phenoxy) is 4. The van der Waals surface area contributed by atoms with Crippen LogP contribution in [0.2, 0.25) is 0 Å². The largest absolute Gasteiger partial charge is 0.477 e. The van der Waals surface area contributed by atoms with Gasteiger partial charge in [-0.2, -0.15) is 0 Å². The molecule has 1 aliphatic carbocycles. The lowest BCUT2D eigenvalue weighted by Crippen LogP contribution is -2.69. The van der Waals surface area contributed by atoms with Crippen molar-refractivity contribution in [2.45, 2.75) is 105 Å². The topological polar surface area (TPSA) is 256 Å². The number of aliphatic carboxylic acids is 1. The number of halogens is 1. The fourth-order valence-corrected chi connectivity index (χ4v) is 6.74. The molecule has 16 heteroatoms. The van der Waals surface area contributed by atoms with E-state index < -0.39 is 134 Å². The minimum Gasteiger partial charge on any atom is -0.477 e. The number of alkyl halides is 1. The van der Waals surface area contributed by atoms with E-state index >= 15 is 4.39 Å². The molecule has 4 aliphatic rings. The highest BCUT2D eigenvalue weighted by molar-refractivity contribution is 5.77. The lowest BCUT2D eigenvalue weighted by atomic mass is 9.83. The van der Waals surface area contributed by atoms with Gasteiger partial charge >= 0.3 is 11.8 Å². The predicted octanol–water partition coefficient (Wildman–Crippen LogP) is -4.53. The van der Waals surface area contributed by atoms with Crippen molar-refractivity contribution in [2.75, 3.05) is 19.8 Å². The van der Waals surface area contributed by atoms with Crippen LogP contribution in [-0.4, -0.2) is 162 Å². The second kappa shape index (κ2) is 12.5. The Labute approximate surface area is 234 Å². The molecule has 4 fully saturated rings. The van der Waals surface area contributed by atoms with Crippen molar-refractivity contribution in [2.24, 2.45) is 23.7 Å². The molecule has 0 radical (unpaired) electrons. The summed E-state index contributed by atoms with van der Waals surface area (Å²) < 4.78 is 38.0. The Kier molecular flexibility index (Phi) is 9.97. The number of carbonyl (C=O) groups is 1. The van der Waals surface area contributed by atoms with E-state index in [9.17, 15) is 55.9 Å². The van der Waals surface area contributed by atoms with Crippen LogP contribution in [0, 0.1) is 23.7 Å². The van der Waals surface area contributed by atoms with Crippen molar-refractivity contribution >= 4 is 5.97 Å². The first-order valence-electron chi connectivity index (χ1n) is 13.7. The third-order valence-electron chi connectivity index (χ3n) is 9.15. The van der Waals surface area contributed by atoms with E-state index in [-0.39, 0.29) is 6.61 Å². The van der Waals surface area contributed by atoms with Crippen LogP contribution in [0.3, 0.4) is 0 Å². The molecule has 15 nitrogen and oxygen atoms in total. The molecule has 3 aliphatic heterocycles. The van der Waals surface area contributed by atoms with Crippen molar-refractivity contribution in [1.82, 2.24) is 0 Å². The van der Waals surface area contributed by atoms with Crippen molar-refractivity contribution < 1.29 is 79.2 Å². The molecule has 41 heavy (non-hydrogen) atoms. The maximum atomic E-state index is 15.6. The number of aliphatic hydroxyl groups is 9. The van der Waals surface area contributed by atoms with E-state index in [1.807, 2.05) is 0 Å². The quantitative estimate of drug-likeness (QED) is 0.120. The van der Waals surface area contributed by atoms with Crippen molar-refractivity contribution in [3.05, 3.63) is 0 Å². The van der Waals surface area contributed by atoms with Crippen LogP contribution in [0.4, 0.5) is 4.39 Å². The van der Waals surface area contributed by atoms with E-state index in [1.165, 1.54) is 6.92 Å². The molecule has 0 amide bonds. The zero-order chi connectivity index (χ0) is 30.5. The molecule has 0 aromatic rings. The molecular weight excluding hydrogens is 559 g/mol. The van der Waals surface area contributed by atoms with Gasteiger partial charge in [-0.05, 0) is 24.7 Å². The molecule has 4 rings (SSSR count). The third-order valence-corrected chi connectivity index (χ3v) is 9.15. The van der Waals surface area contributed by atoms with Gasteiger partial charge in [-0.1, -0.05) is 6.92 Å². The Balaban J connectivity index is 1.62. The fraction of sp³-hybridized carbons (Fsp3) is 0.960. The third kappa shape index (κ3) is 5.63. The Morgan fingerprint density at radius 2 is 1.59 bits per heavy atom. The highest BCUT2D eigenvalue weighted by Gasteiger charge is 2.68. The Bertz CT molecular complexity index is 906. The highest BCUT2D eigenvalue weighted by atomic mass is 19.1. The first-order valence-corrected chi connectivity index (χ1v) is 13.7. The molecule has 3 heterocycles. The summed E-state index contributed by atoms with van der Waals surface area (Å²) in [5.74, 6) is -8.20. The molecule has 0 bridgehead atoms. The molecule has 18 atom stereocenters. The molecular formula is C25H41FO15. The smallest absolute Gasteiger partial charge is 0.367 e. The predicted molar refractivity (Wildman–Crippen MR) is 130 cm³/mol. The zero-order valence-electron chi connectivity index (χ0n) is 22.5. The summed E-state index contributed by atoms with van der Waals surface area (Å²) >= 11 is 0. The molecule has 0 aromatic heterocycles. The van der Waals surface area contributed by atoms with Gasteiger partial charge in [0, 0.05) is 12.3 Å². The number of aliphatic hydroxyl groups excluding tert-OH is 9. The van der Waals surface area contributed by atoms with Crippen LogP contribution in [0.15, 0.2) is 0 Å². The first-order chi connectivity index (χ1) is 19.2. The summed E-state index contributed by atoms with van der Waals surface area (Å²) in [6.07, 6.45) is -21.1. The lowest BCUT2D eigenvalue weighted by Gasteiger charge is -2.48. The van der Waals surface area contributed by atoms with Gasteiger partial charge in [0.2, 0.25) is 0 Å². The van der Waals surface area contributed by atoms with Crippen molar-refractivity contribution in [3.63, 3.8) is 0 Å². The molecule has 10 N–H and O–H groups in total. The Morgan fingerprint density at radius 1 is 0.951 bits per heavy atom. The van der Waals surface area contributed by atoms with Gasteiger partial charge in [-0.25, -0.2) is 9.18 Å². The average Bonchev–Trinajstić information content (AvgIpc) is 3.70.